The number of aromatic nitrogens is 1. The predicted octanol–water partition coefficient (Wildman–Crippen LogP) is 4.43. The SMILES string of the molecule is CCCc1sc(=N)n(CC)c1-c1ccc(Br)cc1. The topological polar surface area (TPSA) is 28.8 Å². The first-order valence-corrected chi connectivity index (χ1v) is 7.81. The van der Waals surface area contributed by atoms with Gasteiger partial charge in [-0.2, -0.15) is 0 Å². The van der Waals surface area contributed by atoms with Crippen LogP contribution in [-0.2, 0) is 13.0 Å². The quantitative estimate of drug-likeness (QED) is 0.861. The fourth-order valence-corrected chi connectivity index (χ4v) is 3.55. The minimum atomic E-state index is 0.652. The molecule has 0 unspecified atom stereocenters. The molecule has 0 amide bonds. The minimum Gasteiger partial charge on any atom is -0.317 e. The van der Waals surface area contributed by atoms with E-state index in [0.717, 1.165) is 23.9 Å². The summed E-state index contributed by atoms with van der Waals surface area (Å²) < 4.78 is 3.19. The summed E-state index contributed by atoms with van der Waals surface area (Å²) in [5.41, 5.74) is 2.43. The Kier molecular flexibility index (Phi) is 4.40. The first kappa shape index (κ1) is 13.6. The van der Waals surface area contributed by atoms with E-state index in [4.69, 9.17) is 5.41 Å². The van der Waals surface area contributed by atoms with Gasteiger partial charge in [-0.05, 0) is 31.0 Å². The highest BCUT2D eigenvalue weighted by Crippen LogP contribution is 2.28. The van der Waals surface area contributed by atoms with Crippen LogP contribution in [0.1, 0.15) is 25.1 Å². The third-order valence-electron chi connectivity index (χ3n) is 2.91. The van der Waals surface area contributed by atoms with Gasteiger partial charge < -0.3 is 4.57 Å². The van der Waals surface area contributed by atoms with E-state index in [2.05, 4.69) is 58.6 Å². The Hall–Kier alpha value is -0.870. The molecule has 2 nitrogen and oxygen atoms in total. The monoisotopic (exact) mass is 324 g/mol. The summed E-state index contributed by atoms with van der Waals surface area (Å²) >= 11 is 5.07. The molecular weight excluding hydrogens is 308 g/mol. The number of nitrogens with one attached hydrogen (secondary N) is 1. The zero-order valence-corrected chi connectivity index (χ0v) is 13.1. The van der Waals surface area contributed by atoms with Gasteiger partial charge in [0.15, 0.2) is 4.80 Å². The van der Waals surface area contributed by atoms with Crippen LogP contribution in [0.2, 0.25) is 0 Å². The van der Waals surface area contributed by atoms with Crippen LogP contribution in [0.25, 0.3) is 11.3 Å². The van der Waals surface area contributed by atoms with E-state index in [1.165, 1.54) is 16.1 Å². The normalized spacial score (nSPS) is 10.8. The number of thiazole rings is 1. The smallest absolute Gasteiger partial charge is 0.182 e. The predicted molar refractivity (Wildman–Crippen MR) is 81.0 cm³/mol. The van der Waals surface area contributed by atoms with Gasteiger partial charge in [0, 0.05) is 15.9 Å². The molecule has 0 aliphatic carbocycles. The zero-order chi connectivity index (χ0) is 13.1. The maximum atomic E-state index is 8.07. The molecule has 0 saturated carbocycles. The standard InChI is InChI=1S/C14H17BrN2S/c1-3-5-12-13(17(4-2)14(16)18-12)10-6-8-11(15)9-7-10/h6-9,16H,3-5H2,1-2H3. The number of hydrogen-bond donors (Lipinski definition) is 1. The Morgan fingerprint density at radius 3 is 2.44 bits per heavy atom. The second-order valence-electron chi connectivity index (χ2n) is 4.18. The van der Waals surface area contributed by atoms with Crippen molar-refractivity contribution in [3.63, 3.8) is 0 Å². The van der Waals surface area contributed by atoms with Crippen molar-refractivity contribution in [3.05, 3.63) is 38.4 Å². The maximum Gasteiger partial charge on any atom is 0.182 e. The van der Waals surface area contributed by atoms with Crippen molar-refractivity contribution < 1.29 is 0 Å². The highest BCUT2D eigenvalue weighted by atomic mass is 79.9. The Balaban J connectivity index is 2.59. The molecule has 0 atom stereocenters. The Morgan fingerprint density at radius 2 is 1.89 bits per heavy atom. The average molecular weight is 325 g/mol. The summed E-state index contributed by atoms with van der Waals surface area (Å²) in [5, 5.41) is 8.07. The second-order valence-corrected chi connectivity index (χ2v) is 6.18. The summed E-state index contributed by atoms with van der Waals surface area (Å²) in [6, 6.07) is 8.37. The van der Waals surface area contributed by atoms with E-state index < -0.39 is 0 Å². The van der Waals surface area contributed by atoms with Crippen molar-refractivity contribution in [2.45, 2.75) is 33.2 Å². The first-order chi connectivity index (χ1) is 8.67. The lowest BCUT2D eigenvalue weighted by atomic mass is 10.1. The number of hydrogen-bond acceptors (Lipinski definition) is 2. The van der Waals surface area contributed by atoms with Crippen LogP contribution in [0.3, 0.4) is 0 Å². The molecule has 0 bridgehead atoms. The van der Waals surface area contributed by atoms with Gasteiger partial charge in [-0.1, -0.05) is 41.4 Å². The summed E-state index contributed by atoms with van der Waals surface area (Å²) in [6.07, 6.45) is 2.17. The van der Waals surface area contributed by atoms with Crippen LogP contribution in [0.15, 0.2) is 28.7 Å². The van der Waals surface area contributed by atoms with Gasteiger partial charge in [-0.25, -0.2) is 0 Å². The van der Waals surface area contributed by atoms with Gasteiger partial charge in [-0.15, -0.1) is 11.3 Å². The first-order valence-electron chi connectivity index (χ1n) is 6.20. The molecular formula is C14H17BrN2S. The Labute approximate surface area is 120 Å². The number of nitrogens with zero attached hydrogens (tertiary/aromatic N) is 1. The number of rotatable bonds is 4. The second kappa shape index (κ2) is 5.85. The van der Waals surface area contributed by atoms with Crippen molar-refractivity contribution in [2.24, 2.45) is 0 Å². The third kappa shape index (κ3) is 2.59. The third-order valence-corrected chi connectivity index (χ3v) is 4.50. The molecule has 0 fully saturated rings. The van der Waals surface area contributed by atoms with Crippen molar-refractivity contribution in [2.75, 3.05) is 0 Å². The van der Waals surface area contributed by atoms with E-state index in [1.807, 2.05) is 0 Å². The summed E-state index contributed by atoms with van der Waals surface area (Å²) in [7, 11) is 0. The van der Waals surface area contributed by atoms with Crippen molar-refractivity contribution in [1.82, 2.24) is 4.57 Å². The fraction of sp³-hybridized carbons (Fsp3) is 0.357. The summed E-state index contributed by atoms with van der Waals surface area (Å²) in [5.74, 6) is 0. The van der Waals surface area contributed by atoms with Crippen LogP contribution >= 0.6 is 27.3 Å². The molecule has 1 N–H and O–H groups in total. The zero-order valence-electron chi connectivity index (χ0n) is 10.7. The lowest BCUT2D eigenvalue weighted by molar-refractivity contribution is 0.731. The molecule has 1 aromatic carbocycles. The molecule has 0 spiro atoms. The van der Waals surface area contributed by atoms with E-state index >= 15 is 0 Å². The molecule has 1 aromatic heterocycles. The molecule has 0 aliphatic rings. The van der Waals surface area contributed by atoms with Crippen molar-refractivity contribution >= 4 is 27.3 Å². The number of halogens is 1. The molecule has 2 rings (SSSR count). The average Bonchev–Trinajstić information content (AvgIpc) is 2.67. The summed E-state index contributed by atoms with van der Waals surface area (Å²) in [4.78, 5) is 1.98. The largest absolute Gasteiger partial charge is 0.317 e. The van der Waals surface area contributed by atoms with E-state index in [-0.39, 0.29) is 0 Å². The minimum absolute atomic E-state index is 0.652. The number of aryl methyl sites for hydroxylation is 1. The van der Waals surface area contributed by atoms with Crippen LogP contribution in [-0.4, -0.2) is 4.57 Å². The summed E-state index contributed by atoms with van der Waals surface area (Å²) in [6.45, 7) is 5.14. The van der Waals surface area contributed by atoms with Crippen molar-refractivity contribution in [1.29, 1.82) is 5.41 Å². The Morgan fingerprint density at radius 1 is 1.22 bits per heavy atom. The number of benzene rings is 1. The van der Waals surface area contributed by atoms with E-state index in [0.29, 0.717) is 4.80 Å². The van der Waals surface area contributed by atoms with Crippen LogP contribution in [0.4, 0.5) is 0 Å². The van der Waals surface area contributed by atoms with Crippen LogP contribution in [0, 0.1) is 5.41 Å². The van der Waals surface area contributed by atoms with Gasteiger partial charge in [0.1, 0.15) is 0 Å². The highest BCUT2D eigenvalue weighted by molar-refractivity contribution is 9.10. The lowest BCUT2D eigenvalue weighted by Crippen LogP contribution is -2.12. The van der Waals surface area contributed by atoms with Gasteiger partial charge >= 0.3 is 0 Å². The molecule has 1 heterocycles. The molecule has 96 valence electrons. The molecule has 0 aliphatic heterocycles. The molecule has 0 saturated heterocycles. The van der Waals surface area contributed by atoms with Crippen LogP contribution < -0.4 is 4.80 Å². The van der Waals surface area contributed by atoms with E-state index in [1.54, 1.807) is 11.3 Å². The van der Waals surface area contributed by atoms with Crippen LogP contribution in [0.5, 0.6) is 0 Å². The molecule has 4 heteroatoms. The lowest BCUT2D eigenvalue weighted by Gasteiger charge is -2.08. The fourth-order valence-electron chi connectivity index (χ4n) is 2.09. The maximum absolute atomic E-state index is 8.07. The molecule has 18 heavy (non-hydrogen) atoms. The van der Waals surface area contributed by atoms with E-state index in [9.17, 15) is 0 Å². The van der Waals surface area contributed by atoms with Crippen molar-refractivity contribution in [3.8, 4) is 11.3 Å². The highest BCUT2D eigenvalue weighted by Gasteiger charge is 2.13. The molecule has 2 aromatic rings. The van der Waals surface area contributed by atoms with Gasteiger partial charge in [0.25, 0.3) is 0 Å². The molecule has 0 radical (unpaired) electrons. The van der Waals surface area contributed by atoms with Gasteiger partial charge in [0.05, 0.1) is 5.69 Å². The van der Waals surface area contributed by atoms with Gasteiger partial charge in [0.2, 0.25) is 0 Å². The van der Waals surface area contributed by atoms with Gasteiger partial charge in [-0.3, -0.25) is 5.41 Å². The Bertz CT molecular complexity index is 581.